The van der Waals surface area contributed by atoms with Gasteiger partial charge in [-0.15, -0.1) is 11.3 Å². The topological polar surface area (TPSA) is 95.4 Å². The van der Waals surface area contributed by atoms with Crippen molar-refractivity contribution in [3.05, 3.63) is 63.9 Å². The van der Waals surface area contributed by atoms with Gasteiger partial charge in [-0.1, -0.05) is 43.8 Å². The molecule has 6 nitrogen and oxygen atoms in total. The van der Waals surface area contributed by atoms with Crippen molar-refractivity contribution in [3.63, 3.8) is 0 Å². The van der Waals surface area contributed by atoms with Crippen molar-refractivity contribution >= 4 is 39.9 Å². The van der Waals surface area contributed by atoms with Crippen LogP contribution in [0.5, 0.6) is 5.75 Å². The number of aromatic amines is 1. The molecular weight excluding hydrogens is 589 g/mol. The number of carbonyl (C=O) groups excluding carboxylic acids is 1. The van der Waals surface area contributed by atoms with Crippen molar-refractivity contribution in [2.24, 2.45) is 33.5 Å². The molecule has 8 heteroatoms. The van der Waals surface area contributed by atoms with Gasteiger partial charge in [0, 0.05) is 38.5 Å². The van der Waals surface area contributed by atoms with Gasteiger partial charge in [0.1, 0.15) is 5.75 Å². The third kappa shape index (κ3) is 3.68. The van der Waals surface area contributed by atoms with E-state index in [9.17, 15) is 15.0 Å². The van der Waals surface area contributed by atoms with E-state index < -0.39 is 11.0 Å². The highest BCUT2D eigenvalue weighted by Crippen LogP contribution is 2.78. The van der Waals surface area contributed by atoms with Crippen LogP contribution in [-0.2, 0) is 0 Å². The van der Waals surface area contributed by atoms with E-state index in [-0.39, 0.29) is 34.1 Å². The third-order valence-corrected chi connectivity index (χ3v) is 15.1. The second kappa shape index (κ2) is 9.57. The summed E-state index contributed by atoms with van der Waals surface area (Å²) in [5.41, 5.74) is 0.729. The fourth-order valence-electron chi connectivity index (χ4n) is 10.6. The summed E-state index contributed by atoms with van der Waals surface area (Å²) in [5, 5.41) is 24.3. The predicted octanol–water partition coefficient (Wildman–Crippen LogP) is 7.51. The number of rotatable bonds is 6. The Bertz CT molecular complexity index is 1740. The van der Waals surface area contributed by atoms with Crippen LogP contribution in [0.15, 0.2) is 59.3 Å². The number of hydrogen-bond donors (Lipinski definition) is 3. The van der Waals surface area contributed by atoms with Crippen LogP contribution in [0.2, 0.25) is 0 Å². The third-order valence-electron chi connectivity index (χ3n) is 13.0. The molecule has 44 heavy (non-hydrogen) atoms. The SMILES string of the molecule is COc1ccc2nc(SCC3(O)CCC4C56C=CC7(C=C5C(=O)c5ccc(C)s5)CC(O)CCC7(C)C6CCC43C)[nH]c2c1. The molecule has 2 heterocycles. The Morgan fingerprint density at radius 2 is 1.86 bits per heavy atom. The van der Waals surface area contributed by atoms with Crippen molar-refractivity contribution in [1.29, 1.82) is 0 Å². The molecule has 3 saturated carbocycles. The van der Waals surface area contributed by atoms with E-state index in [2.05, 4.69) is 44.0 Å². The normalized spacial score (nSPS) is 40.4. The van der Waals surface area contributed by atoms with Gasteiger partial charge in [0.2, 0.25) is 0 Å². The minimum Gasteiger partial charge on any atom is -0.497 e. The Kier molecular flexibility index (Phi) is 6.31. The van der Waals surface area contributed by atoms with Gasteiger partial charge in [0.05, 0.1) is 34.7 Å². The van der Waals surface area contributed by atoms with Gasteiger partial charge >= 0.3 is 0 Å². The molecule has 2 aromatic heterocycles. The first-order valence-corrected chi connectivity index (χ1v) is 17.9. The van der Waals surface area contributed by atoms with Crippen molar-refractivity contribution in [1.82, 2.24) is 9.97 Å². The van der Waals surface area contributed by atoms with Crippen LogP contribution in [-0.4, -0.2) is 50.5 Å². The summed E-state index contributed by atoms with van der Waals surface area (Å²) in [6.45, 7) is 6.79. The monoisotopic (exact) mass is 630 g/mol. The number of aliphatic hydroxyl groups is 2. The molecule has 2 spiro atoms. The number of allylic oxidation sites excluding steroid dienone is 4. The molecule has 2 bridgehead atoms. The molecule has 1 aromatic carbocycles. The maximum atomic E-state index is 14.6. The van der Waals surface area contributed by atoms with E-state index in [4.69, 9.17) is 9.72 Å². The van der Waals surface area contributed by atoms with Crippen LogP contribution in [0.25, 0.3) is 11.0 Å². The maximum Gasteiger partial charge on any atom is 0.199 e. The Hall–Kier alpha value is -2.39. The number of ketones is 1. The Balaban J connectivity index is 1.18. The van der Waals surface area contributed by atoms with Gasteiger partial charge in [0.15, 0.2) is 10.9 Å². The Labute approximate surface area is 267 Å². The largest absolute Gasteiger partial charge is 0.497 e. The number of aryl methyl sites for hydroxylation is 1. The first-order chi connectivity index (χ1) is 21.0. The smallest absolute Gasteiger partial charge is 0.199 e. The lowest BCUT2D eigenvalue weighted by Crippen LogP contribution is -2.67. The zero-order valence-corrected chi connectivity index (χ0v) is 27.6. The first-order valence-electron chi connectivity index (χ1n) is 16.1. The standard InChI is InChI=1S/C36H42N2O4S2/c1-21-5-8-27(44-21)30(40)24-19-34-15-16-36(24)28(32(34,2)12-9-22(39)18-34)10-13-33(3)29(36)11-14-35(33,41)20-43-31-37-25-7-6-23(42-4)17-26(25)38-31/h5-8,15-17,19,22,28-29,39,41H,9-14,18,20H2,1-4H3,(H,37,38). The number of methoxy groups -OCH3 is 1. The molecule has 3 aromatic rings. The van der Waals surface area contributed by atoms with E-state index in [1.54, 1.807) is 30.2 Å². The van der Waals surface area contributed by atoms with E-state index in [0.29, 0.717) is 24.5 Å². The van der Waals surface area contributed by atoms with E-state index in [0.717, 1.165) is 69.4 Å². The lowest BCUT2D eigenvalue weighted by Gasteiger charge is -2.71. The summed E-state index contributed by atoms with van der Waals surface area (Å²) in [4.78, 5) is 24.7. The van der Waals surface area contributed by atoms with E-state index in [1.807, 2.05) is 30.3 Å². The number of thiophene rings is 1. The Morgan fingerprint density at radius 1 is 1.09 bits per heavy atom. The summed E-state index contributed by atoms with van der Waals surface area (Å²) in [5.74, 6) is 1.93. The van der Waals surface area contributed by atoms with Crippen molar-refractivity contribution in [3.8, 4) is 5.75 Å². The molecule has 232 valence electrons. The molecule has 0 amide bonds. The second-order valence-corrected chi connectivity index (χ2v) is 17.0. The van der Waals surface area contributed by atoms with Crippen LogP contribution >= 0.6 is 23.1 Å². The van der Waals surface area contributed by atoms with Gasteiger partial charge in [-0.2, -0.15) is 0 Å². The summed E-state index contributed by atoms with van der Waals surface area (Å²) in [6.07, 6.45) is 12.7. The molecule has 3 N–H and O–H groups in total. The highest BCUT2D eigenvalue weighted by atomic mass is 32.2. The highest BCUT2D eigenvalue weighted by molar-refractivity contribution is 7.99. The number of H-pyrrole nitrogens is 1. The number of aliphatic hydroxyl groups excluding tert-OH is 1. The number of hydrogen-bond acceptors (Lipinski definition) is 7. The second-order valence-electron chi connectivity index (χ2n) is 14.8. The summed E-state index contributed by atoms with van der Waals surface area (Å²) >= 11 is 3.17. The maximum absolute atomic E-state index is 14.6. The minimum absolute atomic E-state index is 0.0256. The average Bonchev–Trinajstić information content (AvgIpc) is 3.70. The summed E-state index contributed by atoms with van der Waals surface area (Å²) in [7, 11) is 1.66. The fourth-order valence-corrected chi connectivity index (χ4v) is 12.6. The molecule has 8 unspecified atom stereocenters. The summed E-state index contributed by atoms with van der Waals surface area (Å²) in [6, 6.07) is 9.86. The number of Topliss-reactive ketones (excluding diaryl/α,β-unsaturated/α-hetero) is 1. The van der Waals surface area contributed by atoms with E-state index in [1.165, 1.54) is 0 Å². The van der Waals surface area contributed by atoms with Crippen LogP contribution in [0.4, 0.5) is 0 Å². The zero-order valence-electron chi connectivity index (χ0n) is 26.0. The number of carbonyl (C=O) groups is 1. The quantitative estimate of drug-likeness (QED) is 0.148. The molecule has 0 radical (unpaired) electrons. The molecule has 6 aliphatic carbocycles. The molecule has 0 aliphatic heterocycles. The summed E-state index contributed by atoms with van der Waals surface area (Å²) < 4.78 is 5.39. The van der Waals surface area contributed by atoms with Crippen molar-refractivity contribution < 1.29 is 19.7 Å². The van der Waals surface area contributed by atoms with Crippen LogP contribution < -0.4 is 4.74 Å². The van der Waals surface area contributed by atoms with Crippen molar-refractivity contribution in [2.75, 3.05) is 12.9 Å². The Morgan fingerprint density at radius 3 is 2.64 bits per heavy atom. The molecule has 8 atom stereocenters. The zero-order chi connectivity index (χ0) is 30.7. The van der Waals surface area contributed by atoms with Crippen molar-refractivity contribution in [2.45, 2.75) is 82.6 Å². The van der Waals surface area contributed by atoms with Crippen LogP contribution in [0, 0.1) is 40.4 Å². The number of imidazole rings is 1. The fraction of sp³-hybridized carbons (Fsp3) is 0.556. The van der Waals surface area contributed by atoms with Crippen LogP contribution in [0.3, 0.4) is 0 Å². The van der Waals surface area contributed by atoms with Gasteiger partial charge < -0.3 is 19.9 Å². The average molecular weight is 631 g/mol. The minimum atomic E-state index is -0.893. The van der Waals surface area contributed by atoms with E-state index >= 15 is 0 Å². The number of ether oxygens (including phenoxy) is 1. The number of thioether (sulfide) groups is 1. The van der Waals surface area contributed by atoms with Crippen LogP contribution in [0.1, 0.15) is 73.3 Å². The highest BCUT2D eigenvalue weighted by Gasteiger charge is 2.74. The lowest BCUT2D eigenvalue weighted by molar-refractivity contribution is -0.166. The molecule has 3 fully saturated rings. The number of fused-ring (bicyclic) bond motifs is 2. The number of benzene rings is 1. The van der Waals surface area contributed by atoms with Gasteiger partial charge in [-0.25, -0.2) is 4.98 Å². The first kappa shape index (κ1) is 29.0. The lowest BCUT2D eigenvalue weighted by atomic mass is 9.33. The molecule has 9 rings (SSSR count). The predicted molar refractivity (Wildman–Crippen MR) is 175 cm³/mol. The van der Waals surface area contributed by atoms with Gasteiger partial charge in [0.25, 0.3) is 0 Å². The number of nitrogens with zero attached hydrogens (tertiary/aromatic N) is 1. The number of nitrogens with one attached hydrogen (secondary N) is 1. The molecule has 0 saturated heterocycles. The van der Waals surface area contributed by atoms with Gasteiger partial charge in [-0.3, -0.25) is 4.79 Å². The molecular formula is C36H42N2O4S2. The molecule has 6 aliphatic rings. The number of aromatic nitrogens is 2. The van der Waals surface area contributed by atoms with Gasteiger partial charge in [-0.05, 0) is 93.4 Å².